The normalized spacial score (nSPS) is 31.5. The molecule has 3 heterocycles. The molecule has 66 heavy (non-hydrogen) atoms. The summed E-state index contributed by atoms with van der Waals surface area (Å²) in [4.78, 5) is 64.4. The fourth-order valence-corrected chi connectivity index (χ4v) is 12.3. The molecular weight excluding hydrogens is 866 g/mol. The number of nitrogens with one attached hydrogen (secondary N) is 1. The predicted molar refractivity (Wildman–Crippen MR) is 244 cm³/mol. The van der Waals surface area contributed by atoms with E-state index in [4.69, 9.17) is 23.9 Å². The van der Waals surface area contributed by atoms with E-state index in [1.165, 1.54) is 24.5 Å². The highest BCUT2D eigenvalue weighted by atomic mass is 32.2. The minimum Gasteiger partial charge on any atom is -0.494 e. The van der Waals surface area contributed by atoms with Crippen molar-refractivity contribution < 1.29 is 50.9 Å². The lowest BCUT2D eigenvalue weighted by Gasteiger charge is -2.32. The predicted octanol–water partition coefficient (Wildman–Crippen LogP) is 8.12. The average molecular weight is 928 g/mol. The lowest BCUT2D eigenvalue weighted by Crippen LogP contribution is -2.47. The number of nitrogens with zero attached hydrogens (tertiary/aromatic N) is 2. The number of rotatable bonds is 12. The summed E-state index contributed by atoms with van der Waals surface area (Å²) in [6.45, 7) is 7.93. The summed E-state index contributed by atoms with van der Waals surface area (Å²) < 4.78 is 67.9. The minimum absolute atomic E-state index is 0.0171. The van der Waals surface area contributed by atoms with Gasteiger partial charge in [-0.25, -0.2) is 17.8 Å². The van der Waals surface area contributed by atoms with Crippen molar-refractivity contribution >= 4 is 44.4 Å². The number of fused-ring (bicyclic) bond motifs is 4. The Morgan fingerprint density at radius 1 is 0.970 bits per heavy atom. The third-order valence-corrected chi connectivity index (χ3v) is 16.7. The fourth-order valence-electron chi connectivity index (χ4n) is 10.9. The van der Waals surface area contributed by atoms with Crippen LogP contribution in [-0.2, 0) is 33.9 Å². The molecule has 0 bridgehead atoms. The molecule has 1 aromatic heterocycles. The first-order chi connectivity index (χ1) is 31.5. The van der Waals surface area contributed by atoms with Gasteiger partial charge in [-0.1, -0.05) is 26.0 Å². The van der Waals surface area contributed by atoms with Crippen LogP contribution in [-0.4, -0.2) is 85.1 Å². The summed E-state index contributed by atoms with van der Waals surface area (Å²) in [5, 5.41) is 0.303. The summed E-state index contributed by atoms with van der Waals surface area (Å²) in [6.07, 6.45) is 8.74. The zero-order valence-corrected chi connectivity index (χ0v) is 39.3. The van der Waals surface area contributed by atoms with Crippen molar-refractivity contribution in [1.82, 2.24) is 14.6 Å². The number of amides is 2. The van der Waals surface area contributed by atoms with E-state index in [2.05, 4.69) is 11.6 Å². The van der Waals surface area contributed by atoms with E-state index in [9.17, 15) is 22.8 Å². The molecule has 0 radical (unpaired) electrons. The largest absolute Gasteiger partial charge is 0.494 e. The summed E-state index contributed by atoms with van der Waals surface area (Å²) in [7, 11) is -2.52. The summed E-state index contributed by atoms with van der Waals surface area (Å²) >= 11 is 0. The van der Waals surface area contributed by atoms with Crippen molar-refractivity contribution in [1.29, 1.82) is 0 Å². The molecule has 1 unspecified atom stereocenters. The number of hydrogen-bond donors (Lipinski definition) is 1. The fraction of sp³-hybridized carbons (Fsp3) is 0.588. The van der Waals surface area contributed by atoms with Gasteiger partial charge in [-0.2, -0.15) is 0 Å². The Morgan fingerprint density at radius 3 is 2.41 bits per heavy atom. The van der Waals surface area contributed by atoms with Crippen molar-refractivity contribution in [2.45, 2.75) is 134 Å². The van der Waals surface area contributed by atoms with Crippen molar-refractivity contribution in [2.24, 2.45) is 40.9 Å². The number of pyridine rings is 1. The third-order valence-electron chi connectivity index (χ3n) is 14.9. The first kappa shape index (κ1) is 46.1. The molecule has 1 saturated heterocycles. The van der Waals surface area contributed by atoms with Gasteiger partial charge in [-0.3, -0.25) is 23.9 Å². The van der Waals surface area contributed by atoms with Gasteiger partial charge in [-0.05, 0) is 149 Å². The molecule has 3 aromatic rings. The molecule has 2 aliphatic heterocycles. The maximum absolute atomic E-state index is 15.5. The molecular formula is C51H62FN3O10S. The van der Waals surface area contributed by atoms with Crippen LogP contribution < -0.4 is 18.9 Å². The van der Waals surface area contributed by atoms with Gasteiger partial charge < -0.3 is 23.8 Å². The first-order valence-corrected chi connectivity index (χ1v) is 25.4. The SMILES string of the molecule is COc1cc2cc(-c3ccc(OC(C)C)cc3)nc(O[C@@H]3C[C@H]4C(=O)C[C@]5(C(=O)NS(=O)(=O)C6CC6)C[C@H]5/C=C\CC[C@H](C)C[C@@H](C)[C@H](CC(=O)OC5C[C@@H]6C[C@@H]6C5)C(=O)N4C3)c2cc1F. The highest BCUT2D eigenvalue weighted by Crippen LogP contribution is 2.57. The van der Waals surface area contributed by atoms with Gasteiger partial charge in [0.25, 0.3) is 0 Å². The van der Waals surface area contributed by atoms with Crippen LogP contribution in [0.15, 0.2) is 54.6 Å². The number of ether oxygens (including phenoxy) is 4. The summed E-state index contributed by atoms with van der Waals surface area (Å²) in [5.74, 6) is -1.80. The number of carbonyl (C=O) groups excluding carboxylic acids is 4. The highest BCUT2D eigenvalue weighted by molar-refractivity contribution is 7.90. The van der Waals surface area contributed by atoms with Crippen molar-refractivity contribution in [2.75, 3.05) is 13.7 Å². The van der Waals surface area contributed by atoms with E-state index in [1.54, 1.807) is 6.07 Å². The quantitative estimate of drug-likeness (QED) is 0.138. The number of halogens is 1. The minimum atomic E-state index is -3.91. The molecule has 354 valence electrons. The number of allylic oxidation sites excluding steroid dienone is 2. The number of sulfonamides is 1. The maximum atomic E-state index is 15.5. The van der Waals surface area contributed by atoms with Crippen LogP contribution in [0.2, 0.25) is 0 Å². The van der Waals surface area contributed by atoms with Gasteiger partial charge >= 0.3 is 5.97 Å². The van der Waals surface area contributed by atoms with Gasteiger partial charge in [0.05, 0.1) is 54.5 Å². The first-order valence-electron chi connectivity index (χ1n) is 23.9. The van der Waals surface area contributed by atoms with Crippen LogP contribution in [0.5, 0.6) is 17.4 Å². The smallest absolute Gasteiger partial charge is 0.306 e. The molecule has 4 aliphatic carbocycles. The number of aromatic nitrogens is 1. The van der Waals surface area contributed by atoms with E-state index >= 15 is 9.18 Å². The number of ketones is 1. The number of hydrogen-bond acceptors (Lipinski definition) is 11. The van der Waals surface area contributed by atoms with Crippen molar-refractivity contribution in [3.63, 3.8) is 0 Å². The maximum Gasteiger partial charge on any atom is 0.306 e. The zero-order valence-electron chi connectivity index (χ0n) is 38.5. The Hall–Kier alpha value is -5.05. The molecule has 2 aromatic carbocycles. The molecule has 6 aliphatic rings. The molecule has 4 saturated carbocycles. The lowest BCUT2D eigenvalue weighted by molar-refractivity contribution is -0.155. The van der Waals surface area contributed by atoms with Gasteiger partial charge in [0, 0.05) is 23.8 Å². The topological polar surface area (TPSA) is 167 Å². The molecule has 5 fully saturated rings. The second-order valence-corrected chi connectivity index (χ2v) is 22.4. The van der Waals surface area contributed by atoms with Gasteiger partial charge in [0.15, 0.2) is 17.3 Å². The molecule has 1 N–H and O–H groups in total. The highest BCUT2D eigenvalue weighted by Gasteiger charge is 2.62. The van der Waals surface area contributed by atoms with E-state index in [0.717, 1.165) is 24.8 Å². The lowest BCUT2D eigenvalue weighted by atomic mass is 9.82. The van der Waals surface area contributed by atoms with Crippen molar-refractivity contribution in [3.8, 4) is 28.6 Å². The second-order valence-electron chi connectivity index (χ2n) is 20.5. The molecule has 13 nitrogen and oxygen atoms in total. The van der Waals surface area contributed by atoms with E-state index in [-0.39, 0.29) is 79.7 Å². The Labute approximate surface area is 386 Å². The van der Waals surface area contributed by atoms with Crippen LogP contribution >= 0.6 is 0 Å². The van der Waals surface area contributed by atoms with E-state index in [1.807, 2.05) is 63.3 Å². The average Bonchev–Trinajstić information content (AvgIpc) is 4.23. The number of benzene rings is 2. The Bertz CT molecular complexity index is 2520. The number of Topliss-reactive ketones (excluding diaryl/α,β-unsaturated/α-hetero) is 1. The second kappa shape index (κ2) is 18.2. The summed E-state index contributed by atoms with van der Waals surface area (Å²) in [6, 6.07) is 11.0. The van der Waals surface area contributed by atoms with E-state index < -0.39 is 62.2 Å². The number of esters is 1. The monoisotopic (exact) mass is 927 g/mol. The van der Waals surface area contributed by atoms with Crippen LogP contribution in [0.1, 0.15) is 105 Å². The molecule has 2 amide bonds. The van der Waals surface area contributed by atoms with Gasteiger partial charge in [0.1, 0.15) is 18.0 Å². The number of carbonyl (C=O) groups is 4. The Balaban J connectivity index is 1.06. The van der Waals surface area contributed by atoms with Crippen molar-refractivity contribution in [3.05, 3.63) is 60.4 Å². The molecule has 9 rings (SSSR count). The van der Waals surface area contributed by atoms with Crippen LogP contribution in [0.3, 0.4) is 0 Å². The van der Waals surface area contributed by atoms with Crippen LogP contribution in [0, 0.1) is 46.7 Å². The number of methoxy groups -OCH3 is 1. The Morgan fingerprint density at radius 2 is 1.71 bits per heavy atom. The molecule has 0 spiro atoms. The Kier molecular flexibility index (Phi) is 12.7. The third kappa shape index (κ3) is 9.82. The van der Waals surface area contributed by atoms with Gasteiger partial charge in [0.2, 0.25) is 27.7 Å². The molecule has 10 atom stereocenters. The standard InChI is InChI=1S/C51H62FN3O10S/c1-28(2)63-36-12-10-31(11-13-36)43-20-34-21-46(62-5)42(52)23-41(34)48(53-43)65-38-22-44-45(56)26-51(50(59)54-66(60,61)39-14-15-39)25-35(51)9-7-6-8-29(3)16-30(4)40(49(58)55(44)27-38)24-47(57)64-37-18-32-17-33(32)19-37/h7,9-13,20-21,23,28-30,32-33,35,37-40,44H,6,8,14-19,22,24-27H2,1-5H3,(H,54,59)/b9-7-/t29-,30+,32-,33+,35+,37?,38+,40-,44-,51+/m0/s1. The zero-order chi connectivity index (χ0) is 46.7. The van der Waals surface area contributed by atoms with Crippen LogP contribution in [0.25, 0.3) is 22.0 Å². The van der Waals surface area contributed by atoms with Gasteiger partial charge in [-0.15, -0.1) is 0 Å². The van der Waals surface area contributed by atoms with E-state index in [0.29, 0.717) is 59.7 Å². The summed E-state index contributed by atoms with van der Waals surface area (Å²) in [5.41, 5.74) is -0.0601. The van der Waals surface area contributed by atoms with Crippen LogP contribution in [0.4, 0.5) is 4.39 Å². The molecule has 15 heteroatoms.